The van der Waals surface area contributed by atoms with Crippen molar-refractivity contribution in [1.29, 1.82) is 0 Å². The SMILES string of the molecule is NCCCCC(NC(=O)C(N)CCCN=C(N)N)C(=O)N1CCCC1C(=O)NC(CC(=O)O)C(=O)O. The van der Waals surface area contributed by atoms with Gasteiger partial charge in [0.25, 0.3) is 0 Å². The highest BCUT2D eigenvalue weighted by Gasteiger charge is 2.39. The van der Waals surface area contributed by atoms with E-state index in [9.17, 15) is 29.1 Å². The van der Waals surface area contributed by atoms with Crippen LogP contribution in [0, 0.1) is 0 Å². The molecule has 1 heterocycles. The molecule has 15 heteroatoms. The van der Waals surface area contributed by atoms with E-state index in [4.69, 9.17) is 28.0 Å². The van der Waals surface area contributed by atoms with Crippen LogP contribution in [0.1, 0.15) is 51.4 Å². The van der Waals surface area contributed by atoms with Crippen LogP contribution in [-0.4, -0.2) is 94.5 Å². The van der Waals surface area contributed by atoms with Gasteiger partial charge in [0, 0.05) is 13.1 Å². The lowest BCUT2D eigenvalue weighted by atomic mass is 10.1. The molecule has 15 nitrogen and oxygen atoms in total. The molecule has 0 bridgehead atoms. The van der Waals surface area contributed by atoms with Crippen LogP contribution in [0.4, 0.5) is 0 Å². The van der Waals surface area contributed by atoms with Crippen molar-refractivity contribution >= 4 is 35.6 Å². The molecule has 1 aliphatic heterocycles. The molecule has 3 amide bonds. The molecule has 1 rings (SSSR count). The third-order valence-electron chi connectivity index (χ3n) is 5.70. The van der Waals surface area contributed by atoms with Crippen molar-refractivity contribution in [2.24, 2.45) is 27.9 Å². The van der Waals surface area contributed by atoms with Crippen molar-refractivity contribution in [3.8, 4) is 0 Å². The topological polar surface area (TPSA) is 270 Å². The number of hydrogen-bond acceptors (Lipinski definition) is 8. The van der Waals surface area contributed by atoms with Gasteiger partial charge in [0.1, 0.15) is 18.1 Å². The number of likely N-dealkylation sites (tertiary alicyclic amines) is 1. The van der Waals surface area contributed by atoms with Crippen LogP contribution in [0.2, 0.25) is 0 Å². The molecule has 36 heavy (non-hydrogen) atoms. The average Bonchev–Trinajstić information content (AvgIpc) is 3.29. The molecular formula is C21H38N8O7. The third-order valence-corrected chi connectivity index (χ3v) is 5.70. The first-order valence-corrected chi connectivity index (χ1v) is 11.8. The molecule has 0 aromatic rings. The number of nitrogens with two attached hydrogens (primary N) is 4. The van der Waals surface area contributed by atoms with E-state index >= 15 is 0 Å². The van der Waals surface area contributed by atoms with Gasteiger partial charge >= 0.3 is 11.9 Å². The smallest absolute Gasteiger partial charge is 0.326 e. The Bertz CT molecular complexity index is 818. The summed E-state index contributed by atoms with van der Waals surface area (Å²) in [4.78, 5) is 66.1. The number of carbonyl (C=O) groups excluding carboxylic acids is 3. The molecule has 4 unspecified atom stereocenters. The van der Waals surface area contributed by atoms with Crippen molar-refractivity contribution in [3.05, 3.63) is 0 Å². The first-order valence-electron chi connectivity index (χ1n) is 11.8. The predicted molar refractivity (Wildman–Crippen MR) is 129 cm³/mol. The minimum atomic E-state index is -1.63. The Morgan fingerprint density at radius 1 is 1.00 bits per heavy atom. The molecule has 4 atom stereocenters. The summed E-state index contributed by atoms with van der Waals surface area (Å²) in [6, 6.07) is -4.50. The zero-order chi connectivity index (χ0) is 27.3. The minimum absolute atomic E-state index is 0.0690. The fourth-order valence-electron chi connectivity index (χ4n) is 3.83. The summed E-state index contributed by atoms with van der Waals surface area (Å²) in [5, 5.41) is 23.0. The van der Waals surface area contributed by atoms with E-state index in [2.05, 4.69) is 15.6 Å². The fraction of sp³-hybridized carbons (Fsp3) is 0.714. The first kappa shape index (κ1) is 30.6. The molecular weight excluding hydrogens is 476 g/mol. The summed E-state index contributed by atoms with van der Waals surface area (Å²) in [5.74, 6) is -4.77. The van der Waals surface area contributed by atoms with Gasteiger partial charge in [-0.2, -0.15) is 0 Å². The second-order valence-corrected chi connectivity index (χ2v) is 8.59. The Kier molecular flexibility index (Phi) is 13.2. The molecule has 0 aliphatic carbocycles. The highest BCUT2D eigenvalue weighted by atomic mass is 16.4. The van der Waals surface area contributed by atoms with Crippen molar-refractivity contribution < 1.29 is 34.2 Å². The van der Waals surface area contributed by atoms with Crippen LogP contribution in [0.3, 0.4) is 0 Å². The lowest BCUT2D eigenvalue weighted by Crippen LogP contribution is -2.56. The Morgan fingerprint density at radius 3 is 2.28 bits per heavy atom. The van der Waals surface area contributed by atoms with Gasteiger partial charge in [0.15, 0.2) is 5.96 Å². The second kappa shape index (κ2) is 15.5. The summed E-state index contributed by atoms with van der Waals surface area (Å²) >= 11 is 0. The Balaban J connectivity index is 2.89. The van der Waals surface area contributed by atoms with Crippen molar-refractivity contribution in [3.63, 3.8) is 0 Å². The van der Waals surface area contributed by atoms with Gasteiger partial charge in [0.2, 0.25) is 17.7 Å². The predicted octanol–water partition coefficient (Wildman–Crippen LogP) is -2.98. The van der Waals surface area contributed by atoms with E-state index < -0.39 is 60.2 Å². The number of hydrogen-bond donors (Lipinski definition) is 8. The Labute approximate surface area is 209 Å². The zero-order valence-corrected chi connectivity index (χ0v) is 20.2. The third kappa shape index (κ3) is 10.4. The van der Waals surface area contributed by atoms with E-state index in [1.807, 2.05) is 0 Å². The lowest BCUT2D eigenvalue weighted by molar-refractivity contribution is -0.148. The van der Waals surface area contributed by atoms with Gasteiger partial charge in [-0.3, -0.25) is 24.2 Å². The molecule has 1 fully saturated rings. The standard InChI is InChI=1S/C21H38N8O7/c22-8-2-1-6-13(27-17(32)12(23)5-3-9-26-21(24)25)19(34)29-10-4-7-15(29)18(33)28-14(20(35)36)11-16(30)31/h12-15H,1-11,22-23H2,(H,27,32)(H,28,33)(H,30,31)(H,35,36)(H4,24,25,26). The van der Waals surface area contributed by atoms with E-state index in [0.717, 1.165) is 0 Å². The number of aliphatic carboxylic acids is 2. The number of amides is 3. The van der Waals surface area contributed by atoms with E-state index in [1.165, 1.54) is 4.90 Å². The van der Waals surface area contributed by atoms with Crippen LogP contribution >= 0.6 is 0 Å². The molecule has 1 aliphatic rings. The summed E-state index contributed by atoms with van der Waals surface area (Å²) in [5.41, 5.74) is 22.0. The minimum Gasteiger partial charge on any atom is -0.481 e. The van der Waals surface area contributed by atoms with Crippen molar-refractivity contribution in [1.82, 2.24) is 15.5 Å². The van der Waals surface area contributed by atoms with Gasteiger partial charge in [-0.05, 0) is 51.5 Å². The van der Waals surface area contributed by atoms with E-state index in [-0.39, 0.29) is 31.8 Å². The van der Waals surface area contributed by atoms with Gasteiger partial charge in [-0.25, -0.2) is 4.79 Å². The molecule has 12 N–H and O–H groups in total. The summed E-state index contributed by atoms with van der Waals surface area (Å²) in [7, 11) is 0. The van der Waals surface area contributed by atoms with Crippen LogP contribution in [0.15, 0.2) is 4.99 Å². The van der Waals surface area contributed by atoms with Crippen LogP contribution in [0.25, 0.3) is 0 Å². The maximum absolute atomic E-state index is 13.3. The second-order valence-electron chi connectivity index (χ2n) is 8.59. The number of aliphatic imine (C=N–C) groups is 1. The van der Waals surface area contributed by atoms with Gasteiger partial charge in [0.05, 0.1) is 12.5 Å². The molecule has 0 aromatic carbocycles. The van der Waals surface area contributed by atoms with Crippen molar-refractivity contribution in [2.75, 3.05) is 19.6 Å². The number of unbranched alkanes of at least 4 members (excludes halogenated alkanes) is 1. The number of carbonyl (C=O) groups is 5. The summed E-state index contributed by atoms with van der Waals surface area (Å²) in [6.45, 7) is 0.918. The number of rotatable bonds is 16. The highest BCUT2D eigenvalue weighted by Crippen LogP contribution is 2.20. The van der Waals surface area contributed by atoms with Crippen LogP contribution in [0.5, 0.6) is 0 Å². The van der Waals surface area contributed by atoms with E-state index in [1.54, 1.807) is 0 Å². The first-order chi connectivity index (χ1) is 17.0. The van der Waals surface area contributed by atoms with Gasteiger partial charge < -0.3 is 48.7 Å². The zero-order valence-electron chi connectivity index (χ0n) is 20.2. The fourth-order valence-corrected chi connectivity index (χ4v) is 3.83. The van der Waals surface area contributed by atoms with Crippen LogP contribution < -0.4 is 33.6 Å². The van der Waals surface area contributed by atoms with Crippen LogP contribution in [-0.2, 0) is 24.0 Å². The molecule has 204 valence electrons. The molecule has 0 spiro atoms. The Morgan fingerprint density at radius 2 is 1.69 bits per heavy atom. The lowest BCUT2D eigenvalue weighted by Gasteiger charge is -2.30. The largest absolute Gasteiger partial charge is 0.481 e. The molecule has 0 saturated carbocycles. The maximum atomic E-state index is 13.3. The van der Waals surface area contributed by atoms with E-state index in [0.29, 0.717) is 38.8 Å². The molecule has 1 saturated heterocycles. The number of carboxylic acids is 2. The highest BCUT2D eigenvalue weighted by molar-refractivity contribution is 5.95. The molecule has 0 aromatic heterocycles. The average molecular weight is 515 g/mol. The number of nitrogens with one attached hydrogen (secondary N) is 2. The summed E-state index contributed by atoms with van der Waals surface area (Å²) < 4.78 is 0. The quantitative estimate of drug-likeness (QED) is 0.0584. The number of nitrogens with zero attached hydrogens (tertiary/aromatic N) is 2. The van der Waals surface area contributed by atoms with Gasteiger partial charge in [-0.1, -0.05) is 0 Å². The van der Waals surface area contributed by atoms with Crippen molar-refractivity contribution in [2.45, 2.75) is 75.5 Å². The summed E-state index contributed by atoms with van der Waals surface area (Å²) in [6.07, 6.45) is 2.10. The number of guanidine groups is 1. The number of carboxylic acid groups (broad SMARTS) is 2. The van der Waals surface area contributed by atoms with Gasteiger partial charge in [-0.15, -0.1) is 0 Å². The normalized spacial score (nSPS) is 17.5. The maximum Gasteiger partial charge on any atom is 0.326 e. The monoisotopic (exact) mass is 514 g/mol. The Hall–Kier alpha value is -3.46. The molecule has 0 radical (unpaired) electrons.